The quantitative estimate of drug-likeness (QED) is 0.472. The zero-order chi connectivity index (χ0) is 22.2. The highest BCUT2D eigenvalue weighted by molar-refractivity contribution is 7.89. The van der Waals surface area contributed by atoms with Crippen molar-refractivity contribution >= 4 is 21.6 Å². The summed E-state index contributed by atoms with van der Waals surface area (Å²) in [4.78, 5) is -0.0159. The van der Waals surface area contributed by atoms with Gasteiger partial charge in [-0.25, -0.2) is 22.6 Å². The molecular formula is C22H17ClFN3O3S. The first-order chi connectivity index (χ1) is 14.8. The van der Waals surface area contributed by atoms with E-state index in [9.17, 15) is 12.8 Å². The molecule has 0 saturated heterocycles. The van der Waals surface area contributed by atoms with E-state index >= 15 is 0 Å². The summed E-state index contributed by atoms with van der Waals surface area (Å²) < 4.78 is 44.5. The number of nitrogens with zero attached hydrogens (tertiary/aromatic N) is 2. The Morgan fingerprint density at radius 2 is 1.68 bits per heavy atom. The van der Waals surface area contributed by atoms with E-state index in [-0.39, 0.29) is 4.90 Å². The highest BCUT2D eigenvalue weighted by atomic mass is 35.5. The SMILES string of the molecule is COc1ccc(-c2cc(-c3ccc(Cl)cc3)n(-c3ccc(S(N)(=O)=O)cc3)n2)c(F)c1. The van der Waals surface area contributed by atoms with E-state index in [1.807, 2.05) is 12.1 Å². The third-order valence-electron chi connectivity index (χ3n) is 4.71. The molecule has 4 aromatic rings. The molecule has 0 saturated carbocycles. The normalized spacial score (nSPS) is 11.5. The zero-order valence-corrected chi connectivity index (χ0v) is 17.9. The number of rotatable bonds is 5. The third kappa shape index (κ3) is 4.32. The number of methoxy groups -OCH3 is 1. The Bertz CT molecular complexity index is 1350. The van der Waals surface area contributed by atoms with Crippen LogP contribution in [0.15, 0.2) is 77.7 Å². The number of halogens is 2. The second-order valence-corrected chi connectivity index (χ2v) is 8.72. The summed E-state index contributed by atoms with van der Waals surface area (Å²) in [5, 5.41) is 10.3. The third-order valence-corrected chi connectivity index (χ3v) is 5.89. The number of sulfonamides is 1. The van der Waals surface area contributed by atoms with E-state index in [1.165, 1.54) is 25.3 Å². The van der Waals surface area contributed by atoms with E-state index in [0.29, 0.717) is 33.4 Å². The summed E-state index contributed by atoms with van der Waals surface area (Å²) in [6.45, 7) is 0. The molecule has 0 fully saturated rings. The Labute approximate surface area is 183 Å². The minimum Gasteiger partial charge on any atom is -0.497 e. The Morgan fingerprint density at radius 3 is 2.26 bits per heavy atom. The summed E-state index contributed by atoms with van der Waals surface area (Å²) in [5.74, 6) is -0.0755. The molecule has 1 aromatic heterocycles. The molecule has 4 rings (SSSR count). The minimum absolute atomic E-state index is 0.0159. The lowest BCUT2D eigenvalue weighted by Gasteiger charge is -2.08. The number of benzene rings is 3. The van der Waals surface area contributed by atoms with Crippen LogP contribution in [0, 0.1) is 5.82 Å². The summed E-state index contributed by atoms with van der Waals surface area (Å²) in [7, 11) is -2.36. The van der Waals surface area contributed by atoms with Crippen LogP contribution in [0.3, 0.4) is 0 Å². The minimum atomic E-state index is -3.82. The lowest BCUT2D eigenvalue weighted by molar-refractivity contribution is 0.411. The summed E-state index contributed by atoms with van der Waals surface area (Å²) in [6, 6.07) is 19.4. The molecule has 158 valence electrons. The van der Waals surface area contributed by atoms with Crippen molar-refractivity contribution in [1.82, 2.24) is 9.78 Å². The predicted molar refractivity (Wildman–Crippen MR) is 117 cm³/mol. The van der Waals surface area contributed by atoms with Crippen molar-refractivity contribution in [3.63, 3.8) is 0 Å². The average molecular weight is 458 g/mol. The van der Waals surface area contributed by atoms with Gasteiger partial charge in [-0.1, -0.05) is 23.7 Å². The summed E-state index contributed by atoms with van der Waals surface area (Å²) in [6.07, 6.45) is 0. The molecule has 0 radical (unpaired) electrons. The first-order valence-corrected chi connectivity index (χ1v) is 11.0. The van der Waals surface area contributed by atoms with Gasteiger partial charge in [0.1, 0.15) is 11.6 Å². The van der Waals surface area contributed by atoms with Crippen LogP contribution < -0.4 is 9.88 Å². The number of primary sulfonamides is 1. The van der Waals surface area contributed by atoms with Crippen LogP contribution >= 0.6 is 11.6 Å². The first-order valence-electron chi connectivity index (χ1n) is 9.09. The van der Waals surface area contributed by atoms with Crippen LogP contribution in [-0.2, 0) is 10.0 Å². The van der Waals surface area contributed by atoms with Crippen molar-refractivity contribution in [2.75, 3.05) is 7.11 Å². The molecule has 31 heavy (non-hydrogen) atoms. The first kappa shape index (κ1) is 21.0. The zero-order valence-electron chi connectivity index (χ0n) is 16.3. The van der Waals surface area contributed by atoms with Gasteiger partial charge < -0.3 is 4.74 Å². The molecule has 6 nitrogen and oxygen atoms in total. The maximum Gasteiger partial charge on any atom is 0.238 e. The summed E-state index contributed by atoms with van der Waals surface area (Å²) in [5.41, 5.74) is 2.76. The Hall–Kier alpha value is -3.20. The van der Waals surface area contributed by atoms with Gasteiger partial charge in [0.15, 0.2) is 0 Å². The van der Waals surface area contributed by atoms with Crippen molar-refractivity contribution in [1.29, 1.82) is 0 Å². The molecular weight excluding hydrogens is 441 g/mol. The number of hydrogen-bond donors (Lipinski definition) is 1. The van der Waals surface area contributed by atoms with Crippen LogP contribution in [0.2, 0.25) is 5.02 Å². The average Bonchev–Trinajstić information content (AvgIpc) is 3.18. The van der Waals surface area contributed by atoms with Crippen molar-refractivity contribution in [3.8, 4) is 34.0 Å². The molecule has 1 heterocycles. The van der Waals surface area contributed by atoms with Crippen molar-refractivity contribution in [2.45, 2.75) is 4.90 Å². The maximum atomic E-state index is 14.7. The van der Waals surface area contributed by atoms with Crippen LogP contribution in [0.1, 0.15) is 0 Å². The number of aromatic nitrogens is 2. The largest absolute Gasteiger partial charge is 0.497 e. The van der Waals surface area contributed by atoms with E-state index < -0.39 is 15.8 Å². The molecule has 9 heteroatoms. The van der Waals surface area contributed by atoms with Gasteiger partial charge in [0.25, 0.3) is 0 Å². The molecule has 0 unspecified atom stereocenters. The van der Waals surface area contributed by atoms with Gasteiger partial charge in [0.05, 0.1) is 29.1 Å². The molecule has 0 aliphatic heterocycles. The Kier molecular flexibility index (Phi) is 5.53. The van der Waals surface area contributed by atoms with Gasteiger partial charge in [-0.05, 0) is 54.6 Å². The van der Waals surface area contributed by atoms with E-state index in [0.717, 1.165) is 5.56 Å². The lowest BCUT2D eigenvalue weighted by Crippen LogP contribution is -2.12. The van der Waals surface area contributed by atoms with Crippen molar-refractivity contribution in [2.24, 2.45) is 5.14 Å². The van der Waals surface area contributed by atoms with Crippen LogP contribution in [0.25, 0.3) is 28.2 Å². The maximum absolute atomic E-state index is 14.7. The molecule has 0 spiro atoms. The number of ether oxygens (including phenoxy) is 1. The highest BCUT2D eigenvalue weighted by Gasteiger charge is 2.17. The van der Waals surface area contributed by atoms with Crippen molar-refractivity contribution in [3.05, 3.63) is 83.6 Å². The van der Waals surface area contributed by atoms with Crippen LogP contribution in [0.5, 0.6) is 5.75 Å². The number of hydrogen-bond acceptors (Lipinski definition) is 4. The fourth-order valence-corrected chi connectivity index (χ4v) is 3.78. The van der Waals surface area contributed by atoms with Gasteiger partial charge in [0.2, 0.25) is 10.0 Å². The monoisotopic (exact) mass is 457 g/mol. The second kappa shape index (κ2) is 8.14. The molecule has 0 aliphatic carbocycles. The lowest BCUT2D eigenvalue weighted by atomic mass is 10.1. The second-order valence-electron chi connectivity index (χ2n) is 6.72. The highest BCUT2D eigenvalue weighted by Crippen LogP contribution is 2.32. The van der Waals surface area contributed by atoms with Gasteiger partial charge in [-0.15, -0.1) is 0 Å². The molecule has 0 amide bonds. The number of nitrogens with two attached hydrogens (primary N) is 1. The Balaban J connectivity index is 1.88. The van der Waals surface area contributed by atoms with E-state index in [4.69, 9.17) is 21.5 Å². The van der Waals surface area contributed by atoms with Crippen LogP contribution in [-0.4, -0.2) is 25.3 Å². The van der Waals surface area contributed by atoms with Gasteiger partial charge in [0, 0.05) is 22.2 Å². The fourth-order valence-electron chi connectivity index (χ4n) is 3.14. The van der Waals surface area contributed by atoms with E-state index in [2.05, 4.69) is 5.10 Å². The smallest absolute Gasteiger partial charge is 0.238 e. The predicted octanol–water partition coefficient (Wildman–Crippen LogP) is 4.65. The summed E-state index contributed by atoms with van der Waals surface area (Å²) >= 11 is 6.01. The molecule has 3 aromatic carbocycles. The topological polar surface area (TPSA) is 87.2 Å². The Morgan fingerprint density at radius 1 is 1.00 bits per heavy atom. The molecule has 0 bridgehead atoms. The molecule has 2 N–H and O–H groups in total. The van der Waals surface area contributed by atoms with Gasteiger partial charge in [-0.3, -0.25) is 0 Å². The molecule has 0 atom stereocenters. The standard InChI is InChI=1S/C22H17ClFN3O3S/c1-30-17-8-11-19(20(24)12-17)21-13-22(14-2-4-15(23)5-3-14)27(26-21)16-6-9-18(10-7-16)31(25,28)29/h2-13H,1H3,(H2,25,28,29). The fraction of sp³-hybridized carbons (Fsp3) is 0.0455. The van der Waals surface area contributed by atoms with Gasteiger partial charge >= 0.3 is 0 Å². The van der Waals surface area contributed by atoms with E-state index in [1.54, 1.807) is 47.1 Å². The van der Waals surface area contributed by atoms with Crippen LogP contribution in [0.4, 0.5) is 4.39 Å². The van der Waals surface area contributed by atoms with Crippen molar-refractivity contribution < 1.29 is 17.5 Å². The van der Waals surface area contributed by atoms with Gasteiger partial charge in [-0.2, -0.15) is 5.10 Å². The molecule has 0 aliphatic rings.